The summed E-state index contributed by atoms with van der Waals surface area (Å²) >= 11 is 0. The molecule has 0 saturated carbocycles. The molecule has 0 aliphatic heterocycles. The first-order chi connectivity index (χ1) is 6.90. The van der Waals surface area contributed by atoms with Gasteiger partial charge in [0.05, 0.1) is 0 Å². The molecule has 0 bridgehead atoms. The Morgan fingerprint density at radius 3 is 2.79 bits per heavy atom. The van der Waals surface area contributed by atoms with Gasteiger partial charge in [0, 0.05) is 5.56 Å². The van der Waals surface area contributed by atoms with Crippen molar-refractivity contribution in [2.45, 2.75) is 6.54 Å². The zero-order valence-corrected chi connectivity index (χ0v) is 7.46. The van der Waals surface area contributed by atoms with Gasteiger partial charge in [-0.25, -0.2) is 0 Å². The van der Waals surface area contributed by atoms with Crippen molar-refractivity contribution in [3.63, 3.8) is 0 Å². The van der Waals surface area contributed by atoms with Crippen LogP contribution in [0.1, 0.15) is 0 Å². The molecule has 2 rings (SSSR count). The Balaban J connectivity index is 2.31. The molecule has 0 spiro atoms. The lowest BCUT2D eigenvalue weighted by molar-refractivity contribution is 0.592. The zero-order chi connectivity index (χ0) is 9.80. The molecule has 0 saturated heterocycles. The number of tetrazole rings is 1. The molecule has 1 aromatic carbocycles. The molecule has 14 heavy (non-hydrogen) atoms. The van der Waals surface area contributed by atoms with Crippen LogP contribution >= 0.6 is 0 Å². The van der Waals surface area contributed by atoms with E-state index in [4.69, 9.17) is 6.42 Å². The number of rotatable bonds is 2. The van der Waals surface area contributed by atoms with E-state index >= 15 is 0 Å². The summed E-state index contributed by atoms with van der Waals surface area (Å²) < 4.78 is 0. The van der Waals surface area contributed by atoms with E-state index in [1.165, 1.54) is 4.80 Å². The highest BCUT2D eigenvalue weighted by atomic mass is 15.6. The quantitative estimate of drug-likeness (QED) is 0.653. The van der Waals surface area contributed by atoms with Crippen LogP contribution in [0.3, 0.4) is 0 Å². The van der Waals surface area contributed by atoms with Crippen molar-refractivity contribution in [1.82, 2.24) is 20.2 Å². The predicted octanol–water partition coefficient (Wildman–Crippen LogP) is 0.973. The first kappa shape index (κ1) is 8.45. The summed E-state index contributed by atoms with van der Waals surface area (Å²) in [6, 6.07) is 9.65. The molecule has 0 radical (unpaired) electrons. The SMILES string of the molecule is C#CCn1nnc(-c2ccccc2)n1. The van der Waals surface area contributed by atoms with Gasteiger partial charge in [0.2, 0.25) is 5.82 Å². The minimum absolute atomic E-state index is 0.347. The summed E-state index contributed by atoms with van der Waals surface area (Å²) in [5.74, 6) is 3.04. The summed E-state index contributed by atoms with van der Waals surface area (Å²) in [6.45, 7) is 0.347. The Kier molecular flexibility index (Phi) is 2.24. The van der Waals surface area contributed by atoms with E-state index in [0.29, 0.717) is 12.4 Å². The van der Waals surface area contributed by atoms with Crippen LogP contribution in [0.25, 0.3) is 11.4 Å². The smallest absolute Gasteiger partial charge is 0.152 e. The second-order valence-corrected chi connectivity index (χ2v) is 2.71. The fraction of sp³-hybridized carbons (Fsp3) is 0.100. The lowest BCUT2D eigenvalue weighted by atomic mass is 10.2. The van der Waals surface area contributed by atoms with Gasteiger partial charge in [0.15, 0.2) is 0 Å². The van der Waals surface area contributed by atoms with Crippen molar-refractivity contribution in [3.8, 4) is 23.7 Å². The highest BCUT2D eigenvalue weighted by Gasteiger charge is 2.03. The maximum atomic E-state index is 5.13. The molecule has 0 atom stereocenters. The Bertz CT molecular complexity index is 452. The second-order valence-electron chi connectivity index (χ2n) is 2.71. The normalized spacial score (nSPS) is 9.64. The van der Waals surface area contributed by atoms with Crippen molar-refractivity contribution in [3.05, 3.63) is 30.3 Å². The van der Waals surface area contributed by atoms with Gasteiger partial charge in [0.25, 0.3) is 0 Å². The number of benzene rings is 1. The molecule has 1 aromatic heterocycles. The van der Waals surface area contributed by atoms with Gasteiger partial charge in [0.1, 0.15) is 6.54 Å². The van der Waals surface area contributed by atoms with Crippen LogP contribution in [0.15, 0.2) is 30.3 Å². The molecular formula is C10H8N4. The van der Waals surface area contributed by atoms with Crippen LogP contribution in [0, 0.1) is 12.3 Å². The Hall–Kier alpha value is -2.15. The predicted molar refractivity (Wildman–Crippen MR) is 52.1 cm³/mol. The first-order valence-electron chi connectivity index (χ1n) is 4.17. The molecule has 0 fully saturated rings. The third-order valence-corrected chi connectivity index (χ3v) is 1.72. The van der Waals surface area contributed by atoms with Crippen LogP contribution in [-0.2, 0) is 6.54 Å². The molecule has 2 aromatic rings. The maximum absolute atomic E-state index is 5.13. The van der Waals surface area contributed by atoms with E-state index in [9.17, 15) is 0 Å². The minimum Gasteiger partial charge on any atom is -0.152 e. The van der Waals surface area contributed by atoms with Crippen LogP contribution in [-0.4, -0.2) is 20.2 Å². The summed E-state index contributed by atoms with van der Waals surface area (Å²) in [7, 11) is 0. The van der Waals surface area contributed by atoms with Gasteiger partial charge in [-0.2, -0.15) is 4.80 Å². The van der Waals surface area contributed by atoms with E-state index in [2.05, 4.69) is 21.3 Å². The summed E-state index contributed by atoms with van der Waals surface area (Å²) in [5, 5.41) is 11.8. The molecule has 4 heteroatoms. The van der Waals surface area contributed by atoms with Crippen molar-refractivity contribution >= 4 is 0 Å². The lowest BCUT2D eigenvalue weighted by Gasteiger charge is -1.91. The Morgan fingerprint density at radius 1 is 1.29 bits per heavy atom. The molecule has 0 amide bonds. The Morgan fingerprint density at radius 2 is 2.07 bits per heavy atom. The van der Waals surface area contributed by atoms with Crippen LogP contribution in [0.5, 0.6) is 0 Å². The van der Waals surface area contributed by atoms with Gasteiger partial charge in [-0.05, 0) is 5.21 Å². The number of nitrogens with zero attached hydrogens (tertiary/aromatic N) is 4. The van der Waals surface area contributed by atoms with E-state index in [1.54, 1.807) is 0 Å². The maximum Gasteiger partial charge on any atom is 0.204 e. The van der Waals surface area contributed by atoms with Gasteiger partial charge in [-0.1, -0.05) is 36.3 Å². The summed E-state index contributed by atoms with van der Waals surface area (Å²) in [5.41, 5.74) is 0.941. The van der Waals surface area contributed by atoms with Crippen LogP contribution in [0.4, 0.5) is 0 Å². The van der Waals surface area contributed by atoms with E-state index in [0.717, 1.165) is 5.56 Å². The zero-order valence-electron chi connectivity index (χ0n) is 7.46. The standard InChI is InChI=1S/C10H8N4/c1-2-8-14-12-10(11-13-14)9-6-4-3-5-7-9/h1,3-7H,8H2. The summed E-state index contributed by atoms with van der Waals surface area (Å²) in [6.07, 6.45) is 5.13. The first-order valence-corrected chi connectivity index (χ1v) is 4.17. The van der Waals surface area contributed by atoms with Gasteiger partial charge in [-0.15, -0.1) is 16.6 Å². The number of terminal acetylenes is 1. The molecular weight excluding hydrogens is 176 g/mol. The van der Waals surface area contributed by atoms with E-state index in [-0.39, 0.29) is 0 Å². The fourth-order valence-electron chi connectivity index (χ4n) is 1.09. The highest BCUT2D eigenvalue weighted by Crippen LogP contribution is 2.11. The molecule has 0 unspecified atom stereocenters. The van der Waals surface area contributed by atoms with E-state index < -0.39 is 0 Å². The van der Waals surface area contributed by atoms with Gasteiger partial charge in [-0.3, -0.25) is 0 Å². The molecule has 0 aliphatic rings. The number of aromatic nitrogens is 4. The lowest BCUT2D eigenvalue weighted by Crippen LogP contribution is -1.99. The second kappa shape index (κ2) is 3.71. The van der Waals surface area contributed by atoms with E-state index in [1.807, 2.05) is 30.3 Å². The average molecular weight is 184 g/mol. The average Bonchev–Trinajstić information content (AvgIpc) is 2.68. The number of hydrogen-bond acceptors (Lipinski definition) is 3. The highest BCUT2D eigenvalue weighted by molar-refractivity contribution is 5.52. The third kappa shape index (κ3) is 1.62. The number of hydrogen-bond donors (Lipinski definition) is 0. The van der Waals surface area contributed by atoms with Crippen LogP contribution < -0.4 is 0 Å². The van der Waals surface area contributed by atoms with Gasteiger partial charge < -0.3 is 0 Å². The molecule has 4 nitrogen and oxygen atoms in total. The van der Waals surface area contributed by atoms with Crippen molar-refractivity contribution < 1.29 is 0 Å². The molecule has 0 N–H and O–H groups in total. The van der Waals surface area contributed by atoms with Gasteiger partial charge >= 0.3 is 0 Å². The minimum atomic E-state index is 0.347. The molecule has 68 valence electrons. The summed E-state index contributed by atoms with van der Waals surface area (Å²) in [4.78, 5) is 1.39. The monoisotopic (exact) mass is 184 g/mol. The van der Waals surface area contributed by atoms with Crippen molar-refractivity contribution in [2.75, 3.05) is 0 Å². The van der Waals surface area contributed by atoms with Crippen molar-refractivity contribution in [1.29, 1.82) is 0 Å². The van der Waals surface area contributed by atoms with Crippen molar-refractivity contribution in [2.24, 2.45) is 0 Å². The fourth-order valence-corrected chi connectivity index (χ4v) is 1.09. The largest absolute Gasteiger partial charge is 0.204 e. The topological polar surface area (TPSA) is 43.6 Å². The van der Waals surface area contributed by atoms with Crippen LogP contribution in [0.2, 0.25) is 0 Å². The molecule has 0 aliphatic carbocycles. The third-order valence-electron chi connectivity index (χ3n) is 1.72. The Labute approximate surface area is 81.6 Å². The molecule has 1 heterocycles.